The molecule has 7 nitrogen and oxygen atoms in total. The Bertz CT molecular complexity index is 989. The number of guanidine groups is 1. The molecule has 0 unspecified atom stereocenters. The number of nitrogens with zero attached hydrogens (tertiary/aromatic N) is 3. The van der Waals surface area contributed by atoms with Crippen molar-refractivity contribution in [1.82, 2.24) is 20.2 Å². The summed E-state index contributed by atoms with van der Waals surface area (Å²) in [6, 6.07) is 13.3. The van der Waals surface area contributed by atoms with Crippen molar-refractivity contribution in [2.24, 2.45) is 4.99 Å². The molecule has 0 atom stereocenters. The Morgan fingerprint density at radius 3 is 2.38 bits per heavy atom. The minimum atomic E-state index is -0.000416. The average Bonchev–Trinajstić information content (AvgIpc) is 3.02. The molecule has 0 bridgehead atoms. The van der Waals surface area contributed by atoms with Gasteiger partial charge in [-0.1, -0.05) is 30.3 Å². The third-order valence-corrected chi connectivity index (χ3v) is 4.44. The zero-order valence-corrected chi connectivity index (χ0v) is 19.1. The number of pyridine rings is 1. The van der Waals surface area contributed by atoms with Crippen molar-refractivity contribution in [2.75, 3.05) is 7.05 Å². The van der Waals surface area contributed by atoms with Crippen LogP contribution in [0.2, 0.25) is 0 Å². The summed E-state index contributed by atoms with van der Waals surface area (Å²) in [4.78, 5) is 20.4. The number of oxazole rings is 1. The first-order valence-electron chi connectivity index (χ1n) is 9.16. The summed E-state index contributed by atoms with van der Waals surface area (Å²) in [5.74, 6) is 2.14. The highest BCUT2D eigenvalue weighted by atomic mass is 127. The van der Waals surface area contributed by atoms with Crippen molar-refractivity contribution in [3.05, 3.63) is 87.5 Å². The molecule has 0 amide bonds. The fourth-order valence-corrected chi connectivity index (χ4v) is 2.73. The van der Waals surface area contributed by atoms with Gasteiger partial charge in [0.05, 0.1) is 18.8 Å². The van der Waals surface area contributed by atoms with Crippen LogP contribution in [0.5, 0.6) is 0 Å². The van der Waals surface area contributed by atoms with Crippen LogP contribution in [0, 0.1) is 13.8 Å². The topological polar surface area (TPSA) is 84.5 Å². The largest absolute Gasteiger partial charge is 0.444 e. The molecule has 0 aliphatic heterocycles. The number of aromatic nitrogens is 2. The molecule has 154 valence electrons. The molecule has 0 fully saturated rings. The monoisotopic (exact) mass is 507 g/mol. The van der Waals surface area contributed by atoms with Gasteiger partial charge in [0.15, 0.2) is 5.96 Å². The number of benzene rings is 1. The third-order valence-electron chi connectivity index (χ3n) is 4.44. The quantitative estimate of drug-likeness (QED) is 0.305. The van der Waals surface area contributed by atoms with Crippen LogP contribution in [0.1, 0.15) is 28.5 Å². The van der Waals surface area contributed by atoms with Gasteiger partial charge in [-0.3, -0.25) is 9.79 Å². The van der Waals surface area contributed by atoms with Gasteiger partial charge in [-0.05, 0) is 31.0 Å². The van der Waals surface area contributed by atoms with Crippen LogP contribution in [0.25, 0.3) is 0 Å². The van der Waals surface area contributed by atoms with E-state index in [1.54, 1.807) is 29.9 Å². The molecule has 1 aromatic carbocycles. The van der Waals surface area contributed by atoms with Crippen molar-refractivity contribution in [3.8, 4) is 0 Å². The Kier molecular flexibility index (Phi) is 8.44. The average molecular weight is 507 g/mol. The SMILES string of the molecule is CN=C(NCc1ccc(Cn2ccccc2=O)cc1)NCc1nc(C)c(C)o1.I. The van der Waals surface area contributed by atoms with E-state index in [0.717, 1.165) is 22.6 Å². The molecular weight excluding hydrogens is 481 g/mol. The van der Waals surface area contributed by atoms with Crippen LogP contribution < -0.4 is 16.2 Å². The molecule has 2 aromatic heterocycles. The van der Waals surface area contributed by atoms with Crippen LogP contribution in [0.4, 0.5) is 0 Å². The summed E-state index contributed by atoms with van der Waals surface area (Å²) < 4.78 is 7.25. The zero-order chi connectivity index (χ0) is 19.9. The Labute approximate surface area is 187 Å². The predicted molar refractivity (Wildman–Crippen MR) is 125 cm³/mol. The van der Waals surface area contributed by atoms with E-state index >= 15 is 0 Å². The zero-order valence-electron chi connectivity index (χ0n) is 16.8. The van der Waals surface area contributed by atoms with Crippen molar-refractivity contribution in [1.29, 1.82) is 0 Å². The van der Waals surface area contributed by atoms with Gasteiger partial charge < -0.3 is 19.6 Å². The number of aryl methyl sites for hydroxylation is 2. The second-order valence-corrected chi connectivity index (χ2v) is 6.51. The highest BCUT2D eigenvalue weighted by Gasteiger charge is 2.06. The second kappa shape index (κ2) is 10.8. The van der Waals surface area contributed by atoms with E-state index in [1.165, 1.54) is 0 Å². The van der Waals surface area contributed by atoms with E-state index in [4.69, 9.17) is 4.42 Å². The van der Waals surface area contributed by atoms with E-state index in [0.29, 0.717) is 31.5 Å². The maximum Gasteiger partial charge on any atom is 0.250 e. The summed E-state index contributed by atoms with van der Waals surface area (Å²) in [6.07, 6.45) is 1.80. The Morgan fingerprint density at radius 2 is 1.76 bits per heavy atom. The fraction of sp³-hybridized carbons (Fsp3) is 0.286. The van der Waals surface area contributed by atoms with Gasteiger partial charge in [-0.25, -0.2) is 4.98 Å². The lowest BCUT2D eigenvalue weighted by Crippen LogP contribution is -2.36. The minimum Gasteiger partial charge on any atom is -0.444 e. The Morgan fingerprint density at radius 1 is 1.07 bits per heavy atom. The summed E-state index contributed by atoms with van der Waals surface area (Å²) in [5.41, 5.74) is 3.10. The molecule has 0 spiro atoms. The maximum atomic E-state index is 11.8. The lowest BCUT2D eigenvalue weighted by atomic mass is 10.1. The normalized spacial score (nSPS) is 11.1. The van der Waals surface area contributed by atoms with Gasteiger partial charge in [0.25, 0.3) is 5.56 Å². The third kappa shape index (κ3) is 6.45. The number of halogens is 1. The summed E-state index contributed by atoms with van der Waals surface area (Å²) in [6.45, 7) is 5.49. The van der Waals surface area contributed by atoms with Crippen LogP contribution in [-0.2, 0) is 19.6 Å². The number of hydrogen-bond acceptors (Lipinski definition) is 4. The van der Waals surface area contributed by atoms with Crippen molar-refractivity contribution in [3.63, 3.8) is 0 Å². The van der Waals surface area contributed by atoms with E-state index < -0.39 is 0 Å². The molecular formula is C21H26IN5O2. The van der Waals surface area contributed by atoms with Gasteiger partial charge in [-0.15, -0.1) is 24.0 Å². The molecule has 29 heavy (non-hydrogen) atoms. The molecule has 2 N–H and O–H groups in total. The maximum absolute atomic E-state index is 11.8. The van der Waals surface area contributed by atoms with Gasteiger partial charge >= 0.3 is 0 Å². The van der Waals surface area contributed by atoms with Gasteiger partial charge in [-0.2, -0.15) is 0 Å². The first kappa shape index (κ1) is 22.7. The number of nitrogens with one attached hydrogen (secondary N) is 2. The standard InChI is InChI=1S/C21H25N5O2.HI/c1-15-16(2)28-19(25-15)13-24-21(22-3)23-12-17-7-9-18(10-8-17)14-26-11-5-4-6-20(26)27;/h4-11H,12-14H2,1-3H3,(H2,22,23,24);1H. The van der Waals surface area contributed by atoms with E-state index in [-0.39, 0.29) is 29.5 Å². The molecule has 0 aliphatic rings. The minimum absolute atomic E-state index is 0. The second-order valence-electron chi connectivity index (χ2n) is 6.51. The van der Waals surface area contributed by atoms with Crippen molar-refractivity contribution < 1.29 is 4.42 Å². The first-order chi connectivity index (χ1) is 13.5. The molecule has 3 aromatic rings. The van der Waals surface area contributed by atoms with Crippen LogP contribution in [0.3, 0.4) is 0 Å². The Balaban J connectivity index is 0.00000300. The lowest BCUT2D eigenvalue weighted by Gasteiger charge is -2.11. The molecule has 0 saturated heterocycles. The highest BCUT2D eigenvalue weighted by molar-refractivity contribution is 14.0. The highest BCUT2D eigenvalue weighted by Crippen LogP contribution is 2.08. The van der Waals surface area contributed by atoms with Crippen molar-refractivity contribution in [2.45, 2.75) is 33.5 Å². The predicted octanol–water partition coefficient (Wildman–Crippen LogP) is 2.98. The molecule has 0 radical (unpaired) electrons. The number of aliphatic imine (C=N–C) groups is 1. The summed E-state index contributed by atoms with van der Waals surface area (Å²) in [5, 5.41) is 6.46. The van der Waals surface area contributed by atoms with E-state index in [2.05, 4.69) is 20.6 Å². The smallest absolute Gasteiger partial charge is 0.250 e. The molecule has 8 heteroatoms. The van der Waals surface area contributed by atoms with Gasteiger partial charge in [0.1, 0.15) is 5.76 Å². The molecule has 0 saturated carbocycles. The van der Waals surface area contributed by atoms with E-state index in [1.807, 2.05) is 44.2 Å². The number of hydrogen-bond donors (Lipinski definition) is 2. The lowest BCUT2D eigenvalue weighted by molar-refractivity contribution is 0.463. The van der Waals surface area contributed by atoms with Crippen LogP contribution >= 0.6 is 24.0 Å². The summed E-state index contributed by atoms with van der Waals surface area (Å²) in [7, 11) is 1.72. The molecule has 2 heterocycles. The van der Waals surface area contributed by atoms with Gasteiger partial charge in [0.2, 0.25) is 5.89 Å². The molecule has 3 rings (SSSR count). The van der Waals surface area contributed by atoms with Gasteiger partial charge in [0, 0.05) is 25.9 Å². The van der Waals surface area contributed by atoms with Crippen molar-refractivity contribution >= 4 is 29.9 Å². The molecule has 0 aliphatic carbocycles. The van der Waals surface area contributed by atoms with Crippen LogP contribution in [-0.4, -0.2) is 22.6 Å². The fourth-order valence-electron chi connectivity index (χ4n) is 2.73. The first-order valence-corrected chi connectivity index (χ1v) is 9.16. The number of rotatable bonds is 6. The van der Waals surface area contributed by atoms with E-state index in [9.17, 15) is 4.79 Å². The Hall–Kier alpha value is -2.62. The summed E-state index contributed by atoms with van der Waals surface area (Å²) >= 11 is 0. The van der Waals surface area contributed by atoms with Crippen LogP contribution in [0.15, 0.2) is 62.9 Å².